The number of benzene rings is 1. The molecule has 10 heteroatoms. The first-order valence-electron chi connectivity index (χ1n) is 13.7. The van der Waals surface area contributed by atoms with Crippen molar-refractivity contribution in [3.63, 3.8) is 0 Å². The first-order valence-corrected chi connectivity index (χ1v) is 13.7. The second kappa shape index (κ2) is 10.3. The second-order valence-electron chi connectivity index (χ2n) is 10.7. The summed E-state index contributed by atoms with van der Waals surface area (Å²) in [6.45, 7) is 4.50. The molecule has 7 rings (SSSR count). The molecule has 9 nitrogen and oxygen atoms in total. The Labute approximate surface area is 231 Å². The number of ether oxygens (including phenoxy) is 2. The van der Waals surface area contributed by atoms with Gasteiger partial charge in [-0.2, -0.15) is 0 Å². The van der Waals surface area contributed by atoms with E-state index in [-0.39, 0.29) is 17.8 Å². The molecule has 40 heavy (non-hydrogen) atoms. The molecule has 2 saturated heterocycles. The van der Waals surface area contributed by atoms with Crippen molar-refractivity contribution in [2.24, 2.45) is 0 Å². The van der Waals surface area contributed by atoms with Gasteiger partial charge in [-0.15, -0.1) is 0 Å². The summed E-state index contributed by atoms with van der Waals surface area (Å²) in [6, 6.07) is 10.8. The van der Waals surface area contributed by atoms with E-state index in [9.17, 15) is 9.18 Å². The number of amides is 1. The molecule has 3 aliphatic heterocycles. The maximum absolute atomic E-state index is 13.7. The number of carbonyl (C=O) groups is 1. The normalized spacial score (nSPS) is 20.8. The molecular formula is C30H31FN6O3. The van der Waals surface area contributed by atoms with Gasteiger partial charge in [0, 0.05) is 63.6 Å². The number of nitrogens with zero attached hydrogens (tertiary/aromatic N) is 4. The highest BCUT2D eigenvalue weighted by atomic mass is 19.1. The third-order valence-corrected chi connectivity index (χ3v) is 8.29. The van der Waals surface area contributed by atoms with Gasteiger partial charge in [-0.1, -0.05) is 12.1 Å². The molecule has 0 saturated carbocycles. The molecule has 2 fully saturated rings. The summed E-state index contributed by atoms with van der Waals surface area (Å²) in [5, 5.41) is 6.40. The molecule has 0 radical (unpaired) electrons. The van der Waals surface area contributed by atoms with Crippen LogP contribution in [0.15, 0.2) is 48.8 Å². The highest BCUT2D eigenvalue weighted by Crippen LogP contribution is 2.36. The van der Waals surface area contributed by atoms with E-state index in [0.717, 1.165) is 61.6 Å². The molecule has 0 aliphatic carbocycles. The molecule has 3 aromatic heterocycles. The number of hydrogen-bond acceptors (Lipinski definition) is 7. The Balaban J connectivity index is 1.22. The highest BCUT2D eigenvalue weighted by molar-refractivity contribution is 6.06. The van der Waals surface area contributed by atoms with Crippen LogP contribution in [0, 0.1) is 5.82 Å². The number of anilines is 2. The Kier molecular flexibility index (Phi) is 6.45. The van der Waals surface area contributed by atoms with Gasteiger partial charge in [0.25, 0.3) is 5.91 Å². The smallest absolute Gasteiger partial charge is 0.254 e. The van der Waals surface area contributed by atoms with E-state index in [0.29, 0.717) is 41.8 Å². The van der Waals surface area contributed by atoms with E-state index in [1.807, 2.05) is 22.6 Å². The van der Waals surface area contributed by atoms with Crippen molar-refractivity contribution >= 4 is 23.1 Å². The number of rotatable bonds is 7. The Morgan fingerprint density at radius 1 is 1.23 bits per heavy atom. The van der Waals surface area contributed by atoms with Crippen LogP contribution in [0.2, 0.25) is 0 Å². The largest absolute Gasteiger partial charge is 0.381 e. The van der Waals surface area contributed by atoms with Crippen molar-refractivity contribution in [1.29, 1.82) is 0 Å². The summed E-state index contributed by atoms with van der Waals surface area (Å²) in [5.41, 5.74) is 6.63. The number of pyridine rings is 2. The molecule has 4 aromatic rings. The van der Waals surface area contributed by atoms with Crippen LogP contribution in [0.5, 0.6) is 0 Å². The van der Waals surface area contributed by atoms with Crippen LogP contribution < -0.4 is 10.6 Å². The number of fused-ring (bicyclic) bond motifs is 2. The van der Waals surface area contributed by atoms with Crippen LogP contribution in [0.4, 0.5) is 15.9 Å². The lowest BCUT2D eigenvalue weighted by molar-refractivity contribution is 0.0966. The van der Waals surface area contributed by atoms with Crippen molar-refractivity contribution in [1.82, 2.24) is 24.6 Å². The number of halogens is 1. The van der Waals surface area contributed by atoms with Crippen LogP contribution >= 0.6 is 0 Å². The predicted octanol–water partition coefficient (Wildman–Crippen LogP) is 4.25. The average Bonchev–Trinajstić information content (AvgIpc) is 3.77. The predicted molar refractivity (Wildman–Crippen MR) is 148 cm³/mol. The summed E-state index contributed by atoms with van der Waals surface area (Å²) in [6.07, 6.45) is 5.64. The summed E-state index contributed by atoms with van der Waals surface area (Å²) in [7, 11) is 1.77. The maximum atomic E-state index is 13.7. The van der Waals surface area contributed by atoms with Crippen molar-refractivity contribution in [3.8, 4) is 11.3 Å². The Morgan fingerprint density at radius 2 is 2.15 bits per heavy atom. The number of aromatic nitrogens is 3. The van der Waals surface area contributed by atoms with Crippen molar-refractivity contribution in [2.75, 3.05) is 38.7 Å². The van der Waals surface area contributed by atoms with E-state index in [1.165, 1.54) is 17.7 Å². The molecule has 0 spiro atoms. The number of hydrogen-bond donors (Lipinski definition) is 2. The minimum absolute atomic E-state index is 0.137. The van der Waals surface area contributed by atoms with Crippen molar-refractivity contribution in [2.45, 2.75) is 38.0 Å². The fraction of sp³-hybridized carbons (Fsp3) is 0.367. The summed E-state index contributed by atoms with van der Waals surface area (Å²) in [4.78, 5) is 24.8. The standard InChI is InChI=1S/C30H31FN6O3/c1-39-20-7-9-36(15-20)16-25-21(18-8-11-40-17-18)3-5-27(35-25)34-24-4-2-22(23-13-33-30(38)29(23)24)26-14-32-28-12-19(31)6-10-37(26)28/h2-6,10,12,14,18,20H,7-9,11,13,15-17H2,1H3,(H,33,38)(H,34,35)/t18?,20-/m0/s1. The fourth-order valence-electron chi connectivity index (χ4n) is 6.19. The molecule has 3 aliphatic rings. The first kappa shape index (κ1) is 25.1. The highest BCUT2D eigenvalue weighted by Gasteiger charge is 2.29. The molecule has 0 bridgehead atoms. The molecule has 2 N–H and O–H groups in total. The van der Waals surface area contributed by atoms with E-state index in [4.69, 9.17) is 14.5 Å². The van der Waals surface area contributed by atoms with E-state index < -0.39 is 0 Å². The van der Waals surface area contributed by atoms with Crippen LogP contribution in [-0.2, 0) is 22.6 Å². The van der Waals surface area contributed by atoms with Gasteiger partial charge in [-0.3, -0.25) is 14.1 Å². The SMILES string of the molecule is CO[C@H]1CCN(Cc2nc(Nc3ccc(-c4cnc5cc(F)ccn45)c4c3C(=O)NC4)ccc2C2CCOC2)C1. The lowest BCUT2D eigenvalue weighted by atomic mass is 9.96. The van der Waals surface area contributed by atoms with E-state index in [1.54, 1.807) is 19.5 Å². The van der Waals surface area contributed by atoms with Gasteiger partial charge in [-0.05, 0) is 42.2 Å². The number of methoxy groups -OCH3 is 1. The zero-order valence-corrected chi connectivity index (χ0v) is 22.3. The van der Waals surface area contributed by atoms with Gasteiger partial charge in [0.2, 0.25) is 0 Å². The van der Waals surface area contributed by atoms with E-state index >= 15 is 0 Å². The van der Waals surface area contributed by atoms with Crippen LogP contribution in [0.3, 0.4) is 0 Å². The molecule has 2 atom stereocenters. The molecule has 206 valence electrons. The summed E-state index contributed by atoms with van der Waals surface area (Å²) >= 11 is 0. The second-order valence-corrected chi connectivity index (χ2v) is 10.7. The molecular weight excluding hydrogens is 511 g/mol. The van der Waals surface area contributed by atoms with Crippen molar-refractivity contribution < 1.29 is 18.7 Å². The maximum Gasteiger partial charge on any atom is 0.254 e. The van der Waals surface area contributed by atoms with Gasteiger partial charge in [-0.25, -0.2) is 14.4 Å². The van der Waals surface area contributed by atoms with Crippen LogP contribution in [-0.4, -0.2) is 64.7 Å². The number of likely N-dealkylation sites (tertiary alicyclic amines) is 1. The Bertz CT molecular complexity index is 1600. The summed E-state index contributed by atoms with van der Waals surface area (Å²) in [5.74, 6) is 0.556. The minimum atomic E-state index is -0.340. The lowest BCUT2D eigenvalue weighted by Crippen LogP contribution is -2.24. The zero-order valence-electron chi connectivity index (χ0n) is 22.3. The quantitative estimate of drug-likeness (QED) is 0.361. The van der Waals surface area contributed by atoms with Gasteiger partial charge < -0.3 is 20.1 Å². The lowest BCUT2D eigenvalue weighted by Gasteiger charge is -2.21. The average molecular weight is 543 g/mol. The topological polar surface area (TPSA) is 93.0 Å². The fourth-order valence-corrected chi connectivity index (χ4v) is 6.19. The van der Waals surface area contributed by atoms with Gasteiger partial charge >= 0.3 is 0 Å². The molecule has 1 unspecified atom stereocenters. The third-order valence-electron chi connectivity index (χ3n) is 8.29. The molecule has 6 heterocycles. The Hall–Kier alpha value is -3.86. The summed E-state index contributed by atoms with van der Waals surface area (Å²) < 4.78 is 26.8. The minimum Gasteiger partial charge on any atom is -0.381 e. The third kappa shape index (κ3) is 4.51. The zero-order chi connectivity index (χ0) is 27.2. The first-order chi connectivity index (χ1) is 19.6. The number of nitrogens with one attached hydrogen (secondary N) is 2. The van der Waals surface area contributed by atoms with Crippen LogP contribution in [0.25, 0.3) is 16.9 Å². The number of carbonyl (C=O) groups excluding carboxylic acids is 1. The van der Waals surface area contributed by atoms with Gasteiger partial charge in [0.1, 0.15) is 17.3 Å². The molecule has 1 amide bonds. The van der Waals surface area contributed by atoms with Gasteiger partial charge in [0.15, 0.2) is 0 Å². The monoisotopic (exact) mass is 542 g/mol. The van der Waals surface area contributed by atoms with Crippen molar-refractivity contribution in [3.05, 3.63) is 77.0 Å². The van der Waals surface area contributed by atoms with Crippen LogP contribution in [0.1, 0.15) is 45.9 Å². The Morgan fingerprint density at radius 3 is 2.98 bits per heavy atom. The van der Waals surface area contributed by atoms with Gasteiger partial charge in [0.05, 0.1) is 41.5 Å². The van der Waals surface area contributed by atoms with E-state index in [2.05, 4.69) is 26.6 Å². The molecule has 1 aromatic carbocycles. The number of imidazole rings is 1.